The molecule has 0 saturated carbocycles. The molecule has 2 N–H and O–H groups in total. The summed E-state index contributed by atoms with van der Waals surface area (Å²) in [5, 5.41) is 16.9. The van der Waals surface area contributed by atoms with E-state index in [4.69, 9.17) is 5.11 Å². The van der Waals surface area contributed by atoms with E-state index in [1.54, 1.807) is 28.9 Å². The molecule has 0 aliphatic carbocycles. The van der Waals surface area contributed by atoms with Gasteiger partial charge in [-0.2, -0.15) is 5.10 Å². The summed E-state index contributed by atoms with van der Waals surface area (Å²) in [6.07, 6.45) is 0. The van der Waals surface area contributed by atoms with E-state index >= 15 is 0 Å². The van der Waals surface area contributed by atoms with Crippen LogP contribution < -0.4 is 5.32 Å². The van der Waals surface area contributed by atoms with Gasteiger partial charge in [0.15, 0.2) is 5.69 Å². The topological polar surface area (TPSA) is 67.2 Å². The number of carbonyl (C=O) groups excluding carboxylic acids is 1. The van der Waals surface area contributed by atoms with Crippen LogP contribution in [0.2, 0.25) is 0 Å². The highest BCUT2D eigenvalue weighted by molar-refractivity contribution is 6.11. The summed E-state index contributed by atoms with van der Waals surface area (Å²) < 4.78 is 1.69. The lowest BCUT2D eigenvalue weighted by molar-refractivity contribution is 0.102. The summed E-state index contributed by atoms with van der Waals surface area (Å²) in [7, 11) is 1.81. The summed E-state index contributed by atoms with van der Waals surface area (Å²) in [5.74, 6) is -0.247. The first-order valence-electron chi connectivity index (χ1n) is 6.62. The molecule has 1 amide bonds. The zero-order valence-electron chi connectivity index (χ0n) is 11.6. The summed E-state index contributed by atoms with van der Waals surface area (Å²) >= 11 is 0. The van der Waals surface area contributed by atoms with Crippen LogP contribution in [0.1, 0.15) is 16.1 Å². The van der Waals surface area contributed by atoms with Gasteiger partial charge in [-0.15, -0.1) is 0 Å². The minimum atomic E-state index is -0.247. The molecule has 21 heavy (non-hydrogen) atoms. The standard InChI is InChI=1S/C16H15N3O2/c1-19-14-5-3-2-4-13(14)15(18-19)16(21)17-12-8-6-11(10-20)7-9-12/h2-9,20H,10H2,1H3,(H,17,21). The van der Waals surface area contributed by atoms with Crippen LogP contribution in [0.25, 0.3) is 10.9 Å². The third kappa shape index (κ3) is 2.51. The molecule has 0 saturated heterocycles. The second kappa shape index (κ2) is 5.38. The van der Waals surface area contributed by atoms with Gasteiger partial charge in [-0.3, -0.25) is 9.48 Å². The van der Waals surface area contributed by atoms with Crippen LogP contribution in [0.4, 0.5) is 5.69 Å². The van der Waals surface area contributed by atoms with E-state index in [-0.39, 0.29) is 12.5 Å². The minimum absolute atomic E-state index is 0.0148. The Morgan fingerprint density at radius 3 is 2.62 bits per heavy atom. The number of benzene rings is 2. The molecule has 2 aromatic carbocycles. The molecule has 5 heteroatoms. The molecule has 0 bridgehead atoms. The van der Waals surface area contributed by atoms with Gasteiger partial charge < -0.3 is 10.4 Å². The number of aliphatic hydroxyl groups excluding tert-OH is 1. The molecule has 106 valence electrons. The van der Waals surface area contributed by atoms with Gasteiger partial charge in [0.1, 0.15) is 0 Å². The van der Waals surface area contributed by atoms with Crippen molar-refractivity contribution in [3.63, 3.8) is 0 Å². The number of para-hydroxylation sites is 1. The van der Waals surface area contributed by atoms with Gasteiger partial charge in [0.2, 0.25) is 0 Å². The van der Waals surface area contributed by atoms with Gasteiger partial charge in [0.25, 0.3) is 5.91 Å². The average Bonchev–Trinajstić information content (AvgIpc) is 2.86. The number of anilines is 1. The third-order valence-corrected chi connectivity index (χ3v) is 3.37. The number of rotatable bonds is 3. The lowest BCUT2D eigenvalue weighted by atomic mass is 10.2. The van der Waals surface area contributed by atoms with E-state index in [2.05, 4.69) is 10.4 Å². The summed E-state index contributed by atoms with van der Waals surface area (Å²) in [4.78, 5) is 12.4. The summed E-state index contributed by atoms with van der Waals surface area (Å²) in [6, 6.07) is 14.7. The SMILES string of the molecule is Cn1nc(C(=O)Nc2ccc(CO)cc2)c2ccccc21. The zero-order valence-corrected chi connectivity index (χ0v) is 11.6. The first-order chi connectivity index (χ1) is 10.2. The molecule has 3 rings (SSSR count). The molecule has 0 aliphatic heterocycles. The Morgan fingerprint density at radius 1 is 1.19 bits per heavy atom. The van der Waals surface area contributed by atoms with Crippen molar-refractivity contribution < 1.29 is 9.90 Å². The van der Waals surface area contributed by atoms with Crippen molar-refractivity contribution >= 4 is 22.5 Å². The number of hydrogen-bond donors (Lipinski definition) is 2. The van der Waals surface area contributed by atoms with Crippen LogP contribution in [0.3, 0.4) is 0 Å². The molecule has 0 radical (unpaired) electrons. The summed E-state index contributed by atoms with van der Waals surface area (Å²) in [5.41, 5.74) is 2.79. The molecule has 5 nitrogen and oxygen atoms in total. The van der Waals surface area contributed by atoms with Crippen molar-refractivity contribution in [2.24, 2.45) is 7.05 Å². The molecule has 1 heterocycles. The predicted octanol–water partition coefficient (Wildman–Crippen LogP) is 2.32. The molecule has 1 aromatic heterocycles. The van der Waals surface area contributed by atoms with E-state index in [1.807, 2.05) is 31.3 Å². The number of aromatic nitrogens is 2. The molecule has 0 unspecified atom stereocenters. The quantitative estimate of drug-likeness (QED) is 0.774. The number of aliphatic hydroxyl groups is 1. The van der Waals surface area contributed by atoms with Gasteiger partial charge in [-0.05, 0) is 23.8 Å². The zero-order chi connectivity index (χ0) is 14.8. The molecule has 3 aromatic rings. The van der Waals surface area contributed by atoms with E-state index in [0.717, 1.165) is 16.5 Å². The number of aryl methyl sites for hydroxylation is 1. The number of fused-ring (bicyclic) bond motifs is 1. The molecule has 0 atom stereocenters. The maximum atomic E-state index is 12.4. The minimum Gasteiger partial charge on any atom is -0.392 e. The van der Waals surface area contributed by atoms with Crippen molar-refractivity contribution in [2.45, 2.75) is 6.61 Å². The Bertz CT molecular complexity index is 791. The first-order valence-corrected chi connectivity index (χ1v) is 6.62. The van der Waals surface area contributed by atoms with Crippen molar-refractivity contribution in [3.8, 4) is 0 Å². The lowest BCUT2D eigenvalue weighted by Crippen LogP contribution is -2.13. The maximum Gasteiger partial charge on any atom is 0.276 e. The van der Waals surface area contributed by atoms with Gasteiger partial charge in [-0.25, -0.2) is 0 Å². The second-order valence-electron chi connectivity index (χ2n) is 4.80. The Morgan fingerprint density at radius 2 is 1.90 bits per heavy atom. The van der Waals surface area contributed by atoms with E-state index in [1.165, 1.54) is 0 Å². The predicted molar refractivity (Wildman–Crippen MR) is 81.0 cm³/mol. The van der Waals surface area contributed by atoms with Crippen molar-refractivity contribution in [2.75, 3.05) is 5.32 Å². The van der Waals surface area contributed by atoms with E-state index in [9.17, 15) is 4.79 Å². The number of nitrogens with zero attached hydrogens (tertiary/aromatic N) is 2. The maximum absolute atomic E-state index is 12.4. The summed E-state index contributed by atoms with van der Waals surface area (Å²) in [6.45, 7) is -0.0148. The molecular weight excluding hydrogens is 266 g/mol. The molecule has 0 fully saturated rings. The number of amides is 1. The fourth-order valence-corrected chi connectivity index (χ4v) is 2.27. The van der Waals surface area contributed by atoms with Crippen molar-refractivity contribution in [1.82, 2.24) is 9.78 Å². The van der Waals surface area contributed by atoms with Crippen molar-refractivity contribution in [3.05, 3.63) is 59.8 Å². The average molecular weight is 281 g/mol. The van der Waals surface area contributed by atoms with Crippen LogP contribution in [0.5, 0.6) is 0 Å². The Kier molecular flexibility index (Phi) is 3.41. The van der Waals surface area contributed by atoms with Crippen LogP contribution in [0.15, 0.2) is 48.5 Å². The monoisotopic (exact) mass is 281 g/mol. The van der Waals surface area contributed by atoms with E-state index in [0.29, 0.717) is 11.4 Å². The van der Waals surface area contributed by atoms with E-state index < -0.39 is 0 Å². The Hall–Kier alpha value is -2.66. The molecule has 0 aliphatic rings. The first kappa shape index (κ1) is 13.3. The smallest absolute Gasteiger partial charge is 0.276 e. The van der Waals surface area contributed by atoms with Crippen LogP contribution in [0, 0.1) is 0 Å². The van der Waals surface area contributed by atoms with Gasteiger partial charge in [0, 0.05) is 18.1 Å². The largest absolute Gasteiger partial charge is 0.392 e. The number of hydrogen-bond acceptors (Lipinski definition) is 3. The third-order valence-electron chi connectivity index (χ3n) is 3.37. The van der Waals surface area contributed by atoms with Crippen LogP contribution >= 0.6 is 0 Å². The fourth-order valence-electron chi connectivity index (χ4n) is 2.27. The second-order valence-corrected chi connectivity index (χ2v) is 4.80. The highest BCUT2D eigenvalue weighted by atomic mass is 16.3. The van der Waals surface area contributed by atoms with Gasteiger partial charge >= 0.3 is 0 Å². The number of nitrogens with one attached hydrogen (secondary N) is 1. The van der Waals surface area contributed by atoms with Gasteiger partial charge in [0.05, 0.1) is 12.1 Å². The lowest BCUT2D eigenvalue weighted by Gasteiger charge is -2.04. The highest BCUT2D eigenvalue weighted by Crippen LogP contribution is 2.19. The Labute approximate surface area is 121 Å². The fraction of sp³-hybridized carbons (Fsp3) is 0.125. The normalized spacial score (nSPS) is 10.8. The molecule has 0 spiro atoms. The highest BCUT2D eigenvalue weighted by Gasteiger charge is 2.15. The van der Waals surface area contributed by atoms with Crippen molar-refractivity contribution in [1.29, 1.82) is 0 Å². The van der Waals surface area contributed by atoms with Crippen LogP contribution in [-0.2, 0) is 13.7 Å². The number of carbonyl (C=O) groups is 1. The molecular formula is C16H15N3O2. The van der Waals surface area contributed by atoms with Gasteiger partial charge in [-0.1, -0.05) is 30.3 Å². The van der Waals surface area contributed by atoms with Crippen LogP contribution in [-0.4, -0.2) is 20.8 Å². The Balaban J connectivity index is 1.90.